The van der Waals surface area contributed by atoms with Gasteiger partial charge in [-0.2, -0.15) is 8.78 Å². The fourth-order valence-electron chi connectivity index (χ4n) is 3.88. The number of hydrogen-bond donors (Lipinski definition) is 1. The molecule has 1 saturated carbocycles. The van der Waals surface area contributed by atoms with E-state index in [0.717, 1.165) is 24.7 Å². The van der Waals surface area contributed by atoms with Gasteiger partial charge in [0.2, 0.25) is 10.0 Å². The summed E-state index contributed by atoms with van der Waals surface area (Å²) in [5.41, 5.74) is 2.52. The number of ether oxygens (including phenoxy) is 3. The number of nitrogens with one attached hydrogen (secondary N) is 1. The van der Waals surface area contributed by atoms with Crippen molar-refractivity contribution in [1.82, 2.24) is 4.98 Å². The molecule has 0 amide bonds. The Morgan fingerprint density at radius 2 is 1.85 bits per heavy atom. The molecule has 0 spiro atoms. The molecule has 1 N–H and O–H groups in total. The number of carbonyl (C=O) groups is 1. The molecule has 2 aromatic carbocycles. The number of hydrogen-bond acceptors (Lipinski definition) is 7. The van der Waals surface area contributed by atoms with Crippen LogP contribution in [0.3, 0.4) is 0 Å². The zero-order chi connectivity index (χ0) is 27.8. The molecule has 3 aromatic rings. The van der Waals surface area contributed by atoms with Crippen molar-refractivity contribution in [2.24, 2.45) is 5.92 Å². The zero-order valence-electron chi connectivity index (χ0n) is 21.4. The van der Waals surface area contributed by atoms with Crippen molar-refractivity contribution >= 4 is 21.7 Å². The van der Waals surface area contributed by atoms with Crippen molar-refractivity contribution in [3.05, 3.63) is 83.7 Å². The standard InChI is InChI=1S/C28H30F2N2O6S/c1-39(34,35)32-22-11-7-19(8-12-22)9-14-27(33)37-25(17-23-4-2-3-15-31-23)21-10-13-24(38-28(29)30)26(16-21)36-18-20-5-6-20/h2-4,7-8,10-13,15-16,20,25,28,32H,5-6,9,14,17-18H2,1H3. The van der Waals surface area contributed by atoms with Gasteiger partial charge in [-0.15, -0.1) is 0 Å². The Morgan fingerprint density at radius 1 is 1.08 bits per heavy atom. The van der Waals surface area contributed by atoms with Gasteiger partial charge in [0, 0.05) is 30.4 Å². The van der Waals surface area contributed by atoms with Gasteiger partial charge in [-0.3, -0.25) is 14.5 Å². The Kier molecular flexibility index (Phi) is 9.34. The molecule has 208 valence electrons. The lowest BCUT2D eigenvalue weighted by Gasteiger charge is -2.20. The summed E-state index contributed by atoms with van der Waals surface area (Å²) in [5.74, 6) is 0.0322. The summed E-state index contributed by atoms with van der Waals surface area (Å²) in [7, 11) is -3.38. The van der Waals surface area contributed by atoms with Crippen LogP contribution in [0.15, 0.2) is 66.9 Å². The van der Waals surface area contributed by atoms with Gasteiger partial charge < -0.3 is 14.2 Å². The van der Waals surface area contributed by atoms with Crippen molar-refractivity contribution in [1.29, 1.82) is 0 Å². The smallest absolute Gasteiger partial charge is 0.387 e. The van der Waals surface area contributed by atoms with Crippen LogP contribution in [0, 0.1) is 5.92 Å². The fraction of sp³-hybridized carbons (Fsp3) is 0.357. The van der Waals surface area contributed by atoms with E-state index in [2.05, 4.69) is 14.4 Å². The molecule has 1 fully saturated rings. The first kappa shape index (κ1) is 28.3. The molecule has 0 aliphatic heterocycles. The number of alkyl halides is 2. The van der Waals surface area contributed by atoms with Crippen molar-refractivity contribution in [2.75, 3.05) is 17.6 Å². The van der Waals surface area contributed by atoms with E-state index in [1.807, 2.05) is 12.1 Å². The predicted molar refractivity (Wildman–Crippen MR) is 141 cm³/mol. The molecule has 0 radical (unpaired) electrons. The number of aryl methyl sites for hydroxylation is 1. The van der Waals surface area contributed by atoms with E-state index in [-0.39, 0.29) is 24.3 Å². The number of esters is 1. The normalized spacial score (nSPS) is 14.1. The van der Waals surface area contributed by atoms with Gasteiger partial charge in [-0.25, -0.2) is 8.42 Å². The van der Waals surface area contributed by atoms with Crippen LogP contribution >= 0.6 is 0 Å². The van der Waals surface area contributed by atoms with Crippen LogP contribution in [0.2, 0.25) is 0 Å². The molecule has 1 aromatic heterocycles. The van der Waals surface area contributed by atoms with E-state index < -0.39 is 28.7 Å². The number of aromatic nitrogens is 1. The molecule has 1 aliphatic carbocycles. The average molecular weight is 561 g/mol. The molecule has 1 aliphatic rings. The van der Waals surface area contributed by atoms with Crippen LogP contribution in [0.4, 0.5) is 14.5 Å². The highest BCUT2D eigenvalue weighted by Gasteiger charge is 2.25. The van der Waals surface area contributed by atoms with Crippen LogP contribution < -0.4 is 14.2 Å². The third kappa shape index (κ3) is 9.51. The largest absolute Gasteiger partial charge is 0.489 e. The summed E-state index contributed by atoms with van der Waals surface area (Å²) in [6, 6.07) is 16.7. The SMILES string of the molecule is CS(=O)(=O)Nc1ccc(CCC(=O)OC(Cc2ccccn2)c2ccc(OC(F)F)c(OCC3CC3)c2)cc1. The number of benzene rings is 2. The summed E-state index contributed by atoms with van der Waals surface area (Å²) in [4.78, 5) is 17.2. The summed E-state index contributed by atoms with van der Waals surface area (Å²) in [6.45, 7) is -2.61. The number of sulfonamides is 1. The summed E-state index contributed by atoms with van der Waals surface area (Å²) >= 11 is 0. The number of halogens is 2. The quantitative estimate of drug-likeness (QED) is 0.267. The second kappa shape index (κ2) is 12.9. The fourth-order valence-corrected chi connectivity index (χ4v) is 4.44. The minimum absolute atomic E-state index is 0.0777. The van der Waals surface area contributed by atoms with Crippen LogP contribution in [0.25, 0.3) is 0 Å². The maximum atomic E-state index is 13.0. The Balaban J connectivity index is 1.47. The van der Waals surface area contributed by atoms with E-state index >= 15 is 0 Å². The van der Waals surface area contributed by atoms with Gasteiger partial charge in [0.1, 0.15) is 6.10 Å². The Hall–Kier alpha value is -3.73. The number of anilines is 1. The maximum Gasteiger partial charge on any atom is 0.387 e. The molecule has 4 rings (SSSR count). The lowest BCUT2D eigenvalue weighted by atomic mass is 10.0. The van der Waals surface area contributed by atoms with Crippen LogP contribution in [-0.4, -0.2) is 38.8 Å². The second-order valence-corrected chi connectivity index (χ2v) is 11.2. The first-order chi connectivity index (χ1) is 18.6. The number of pyridine rings is 1. The van der Waals surface area contributed by atoms with Crippen LogP contribution in [-0.2, 0) is 32.4 Å². The highest BCUT2D eigenvalue weighted by atomic mass is 32.2. The van der Waals surface area contributed by atoms with Crippen molar-refractivity contribution in [3.63, 3.8) is 0 Å². The molecule has 1 unspecified atom stereocenters. The molecule has 0 saturated heterocycles. The number of nitrogens with zero attached hydrogens (tertiary/aromatic N) is 1. The van der Waals surface area contributed by atoms with Gasteiger partial charge >= 0.3 is 12.6 Å². The molecule has 8 nitrogen and oxygen atoms in total. The Labute approximate surface area is 226 Å². The molecule has 39 heavy (non-hydrogen) atoms. The first-order valence-corrected chi connectivity index (χ1v) is 14.4. The van der Waals surface area contributed by atoms with E-state index in [9.17, 15) is 22.0 Å². The van der Waals surface area contributed by atoms with E-state index in [0.29, 0.717) is 35.9 Å². The predicted octanol–water partition coefficient (Wildman–Crippen LogP) is 5.30. The minimum Gasteiger partial charge on any atom is -0.489 e. The van der Waals surface area contributed by atoms with Crippen molar-refractivity contribution in [3.8, 4) is 11.5 Å². The lowest BCUT2D eigenvalue weighted by molar-refractivity contribution is -0.149. The third-order valence-corrected chi connectivity index (χ3v) is 6.60. The topological polar surface area (TPSA) is 104 Å². The highest BCUT2D eigenvalue weighted by Crippen LogP contribution is 2.36. The maximum absolute atomic E-state index is 13.0. The third-order valence-electron chi connectivity index (χ3n) is 6.00. The van der Waals surface area contributed by atoms with Crippen molar-refractivity contribution < 1.29 is 36.2 Å². The molecular formula is C28H30F2N2O6S. The van der Waals surface area contributed by atoms with E-state index in [4.69, 9.17) is 9.47 Å². The molecule has 1 atom stereocenters. The lowest BCUT2D eigenvalue weighted by Crippen LogP contribution is -2.15. The van der Waals surface area contributed by atoms with E-state index in [1.54, 1.807) is 48.7 Å². The molecule has 11 heteroatoms. The van der Waals surface area contributed by atoms with Gasteiger partial charge in [-0.1, -0.05) is 24.3 Å². The minimum atomic E-state index is -3.38. The van der Waals surface area contributed by atoms with Gasteiger partial charge in [-0.05, 0) is 72.7 Å². The van der Waals surface area contributed by atoms with Crippen LogP contribution in [0.5, 0.6) is 11.5 Å². The summed E-state index contributed by atoms with van der Waals surface area (Å²) in [6.07, 6.45) is 4.76. The van der Waals surface area contributed by atoms with Crippen LogP contribution in [0.1, 0.15) is 42.2 Å². The number of carbonyl (C=O) groups excluding carboxylic acids is 1. The second-order valence-electron chi connectivity index (χ2n) is 9.41. The van der Waals surface area contributed by atoms with E-state index in [1.165, 1.54) is 6.07 Å². The zero-order valence-corrected chi connectivity index (χ0v) is 22.2. The van der Waals surface area contributed by atoms with Gasteiger partial charge in [0.25, 0.3) is 0 Å². The molecule has 0 bridgehead atoms. The summed E-state index contributed by atoms with van der Waals surface area (Å²) in [5, 5.41) is 0. The monoisotopic (exact) mass is 560 g/mol. The van der Waals surface area contributed by atoms with Gasteiger partial charge in [0.15, 0.2) is 11.5 Å². The van der Waals surface area contributed by atoms with Crippen molar-refractivity contribution in [2.45, 2.75) is 44.8 Å². The average Bonchev–Trinajstić information content (AvgIpc) is 3.71. The first-order valence-electron chi connectivity index (χ1n) is 12.5. The molecule has 1 heterocycles. The highest BCUT2D eigenvalue weighted by molar-refractivity contribution is 7.92. The molecular weight excluding hydrogens is 530 g/mol. The Morgan fingerprint density at radius 3 is 2.49 bits per heavy atom. The van der Waals surface area contributed by atoms with Gasteiger partial charge in [0.05, 0.1) is 12.9 Å². The number of rotatable bonds is 14. The Bertz CT molecular complexity index is 1350. The summed E-state index contributed by atoms with van der Waals surface area (Å²) < 4.78 is 67.4.